The number of rotatable bonds is 3. The van der Waals surface area contributed by atoms with Gasteiger partial charge in [-0.3, -0.25) is 14.3 Å². The van der Waals surface area contributed by atoms with Gasteiger partial charge in [0, 0.05) is 12.3 Å². The summed E-state index contributed by atoms with van der Waals surface area (Å²) >= 11 is 0. The molecular weight excluding hydrogens is 228 g/mol. The number of ether oxygens (including phenoxy) is 1. The van der Waals surface area contributed by atoms with E-state index in [9.17, 15) is 14.4 Å². The zero-order chi connectivity index (χ0) is 12.4. The summed E-state index contributed by atoms with van der Waals surface area (Å²) in [4.78, 5) is 35.0. The Morgan fingerprint density at radius 3 is 2.88 bits per heavy atom. The number of nitrogens with zero attached hydrogens (tertiary/aromatic N) is 1. The average molecular weight is 240 g/mol. The van der Waals surface area contributed by atoms with Crippen molar-refractivity contribution < 1.29 is 14.6 Å². The van der Waals surface area contributed by atoms with E-state index in [0.717, 1.165) is 0 Å². The van der Waals surface area contributed by atoms with Crippen LogP contribution in [-0.4, -0.2) is 32.8 Å². The fourth-order valence-corrected chi connectivity index (χ4v) is 1.83. The molecule has 0 spiro atoms. The third-order valence-electron chi connectivity index (χ3n) is 2.68. The number of carbonyl (C=O) groups is 1. The van der Waals surface area contributed by atoms with Crippen molar-refractivity contribution in [1.82, 2.24) is 9.55 Å². The van der Waals surface area contributed by atoms with Crippen LogP contribution in [0.2, 0.25) is 0 Å². The van der Waals surface area contributed by atoms with E-state index >= 15 is 0 Å². The van der Waals surface area contributed by atoms with Gasteiger partial charge < -0.3 is 9.84 Å². The predicted molar refractivity (Wildman–Crippen MR) is 56.9 cm³/mol. The molecule has 2 rings (SSSR count). The van der Waals surface area contributed by atoms with Crippen LogP contribution in [0.25, 0.3) is 0 Å². The van der Waals surface area contributed by atoms with E-state index in [0.29, 0.717) is 12.8 Å². The molecule has 92 valence electrons. The molecule has 17 heavy (non-hydrogen) atoms. The van der Waals surface area contributed by atoms with Crippen LogP contribution in [0, 0.1) is 0 Å². The van der Waals surface area contributed by atoms with E-state index in [1.54, 1.807) is 0 Å². The Hall–Kier alpha value is -1.89. The number of hydrogen-bond donors (Lipinski definition) is 2. The molecule has 0 saturated carbocycles. The minimum Gasteiger partial charge on any atom is -0.479 e. The number of aromatic amines is 1. The van der Waals surface area contributed by atoms with Gasteiger partial charge in [0.05, 0.1) is 12.6 Å². The van der Waals surface area contributed by atoms with Gasteiger partial charge in [0.2, 0.25) is 0 Å². The van der Waals surface area contributed by atoms with Gasteiger partial charge in [0.15, 0.2) is 6.10 Å². The Balaban J connectivity index is 2.05. The Morgan fingerprint density at radius 2 is 2.29 bits per heavy atom. The van der Waals surface area contributed by atoms with E-state index in [-0.39, 0.29) is 12.6 Å². The molecule has 2 N–H and O–H groups in total. The van der Waals surface area contributed by atoms with Crippen LogP contribution in [0.5, 0.6) is 0 Å². The highest BCUT2D eigenvalue weighted by atomic mass is 16.5. The summed E-state index contributed by atoms with van der Waals surface area (Å²) in [7, 11) is 0. The molecule has 0 aromatic carbocycles. The lowest BCUT2D eigenvalue weighted by atomic mass is 10.2. The predicted octanol–water partition coefficient (Wildman–Crippen LogP) is -0.831. The monoisotopic (exact) mass is 240 g/mol. The van der Waals surface area contributed by atoms with Gasteiger partial charge in [0.25, 0.3) is 5.56 Å². The highest BCUT2D eigenvalue weighted by Crippen LogP contribution is 2.20. The summed E-state index contributed by atoms with van der Waals surface area (Å²) in [5.41, 5.74) is -0.970. The van der Waals surface area contributed by atoms with Crippen LogP contribution >= 0.6 is 0 Å². The summed E-state index contributed by atoms with van der Waals surface area (Å²) in [6, 6.07) is 1.24. The van der Waals surface area contributed by atoms with E-state index in [1.807, 2.05) is 0 Å². The van der Waals surface area contributed by atoms with Gasteiger partial charge >= 0.3 is 11.7 Å². The number of aliphatic carboxylic acids is 1. The first kappa shape index (κ1) is 11.6. The molecular formula is C10H12N2O5. The lowest BCUT2D eigenvalue weighted by Gasteiger charge is -2.12. The average Bonchev–Trinajstić information content (AvgIpc) is 2.71. The normalized spacial score (nSPS) is 23.8. The minimum atomic E-state index is -0.985. The molecule has 1 saturated heterocycles. The second-order valence-electron chi connectivity index (χ2n) is 3.92. The molecule has 1 aromatic rings. The van der Waals surface area contributed by atoms with Crippen molar-refractivity contribution in [3.8, 4) is 0 Å². The van der Waals surface area contributed by atoms with Crippen molar-refractivity contribution in [1.29, 1.82) is 0 Å². The maximum Gasteiger partial charge on any atom is 0.332 e. The summed E-state index contributed by atoms with van der Waals surface area (Å²) < 4.78 is 6.56. The number of carboxylic acids is 1. The first-order chi connectivity index (χ1) is 8.06. The molecule has 1 fully saturated rings. The van der Waals surface area contributed by atoms with E-state index in [2.05, 4.69) is 4.98 Å². The Bertz CT molecular complexity index is 532. The quantitative estimate of drug-likeness (QED) is 0.718. The van der Waals surface area contributed by atoms with Crippen LogP contribution in [-0.2, 0) is 16.1 Å². The SMILES string of the molecule is O=C(O)C1CCC(Cn2ccc(=O)[nH]c2=O)O1. The molecule has 0 amide bonds. The van der Waals surface area contributed by atoms with E-state index < -0.39 is 23.3 Å². The van der Waals surface area contributed by atoms with Gasteiger partial charge in [-0.05, 0) is 12.8 Å². The van der Waals surface area contributed by atoms with Crippen molar-refractivity contribution in [2.75, 3.05) is 0 Å². The fraction of sp³-hybridized carbons (Fsp3) is 0.500. The molecule has 1 aliphatic rings. The lowest BCUT2D eigenvalue weighted by molar-refractivity contribution is -0.149. The van der Waals surface area contributed by atoms with Gasteiger partial charge in [-0.25, -0.2) is 9.59 Å². The molecule has 2 atom stereocenters. The Morgan fingerprint density at radius 1 is 1.53 bits per heavy atom. The summed E-state index contributed by atoms with van der Waals surface area (Å²) in [6.07, 6.45) is 1.30. The Labute approximate surface area is 95.7 Å². The molecule has 1 aliphatic heterocycles. The van der Waals surface area contributed by atoms with Gasteiger partial charge in [-0.15, -0.1) is 0 Å². The number of carboxylic acid groups (broad SMARTS) is 1. The molecule has 1 aromatic heterocycles. The van der Waals surface area contributed by atoms with E-state index in [1.165, 1.54) is 16.8 Å². The van der Waals surface area contributed by atoms with Crippen molar-refractivity contribution in [3.05, 3.63) is 33.1 Å². The standard InChI is InChI=1S/C10H12N2O5/c13-8-3-4-12(10(16)11-8)5-6-1-2-7(17-6)9(14)15/h3-4,6-7H,1-2,5H2,(H,14,15)(H,11,13,16). The summed E-state index contributed by atoms with van der Waals surface area (Å²) in [6.45, 7) is 0.249. The highest BCUT2D eigenvalue weighted by molar-refractivity contribution is 5.72. The Kier molecular flexibility index (Phi) is 3.10. The molecule has 2 heterocycles. The molecule has 7 nitrogen and oxygen atoms in total. The summed E-state index contributed by atoms with van der Waals surface area (Å²) in [5, 5.41) is 8.75. The van der Waals surface area contributed by atoms with Crippen molar-refractivity contribution in [3.63, 3.8) is 0 Å². The van der Waals surface area contributed by atoms with Crippen LogP contribution in [0.3, 0.4) is 0 Å². The molecule has 0 aliphatic carbocycles. The van der Waals surface area contributed by atoms with Crippen LogP contribution in [0.4, 0.5) is 0 Å². The van der Waals surface area contributed by atoms with Crippen molar-refractivity contribution in [2.24, 2.45) is 0 Å². The lowest BCUT2D eigenvalue weighted by Crippen LogP contribution is -2.32. The molecule has 0 bridgehead atoms. The van der Waals surface area contributed by atoms with Crippen molar-refractivity contribution in [2.45, 2.75) is 31.6 Å². The zero-order valence-electron chi connectivity index (χ0n) is 8.96. The maximum atomic E-state index is 11.4. The molecule has 0 radical (unpaired) electrons. The number of aromatic nitrogens is 2. The summed E-state index contributed by atoms with van der Waals surface area (Å²) in [5.74, 6) is -0.985. The fourth-order valence-electron chi connectivity index (χ4n) is 1.83. The van der Waals surface area contributed by atoms with Gasteiger partial charge in [0.1, 0.15) is 0 Å². The van der Waals surface area contributed by atoms with Crippen LogP contribution in [0.15, 0.2) is 21.9 Å². The number of H-pyrrole nitrogens is 1. The first-order valence-electron chi connectivity index (χ1n) is 5.24. The maximum absolute atomic E-state index is 11.4. The zero-order valence-corrected chi connectivity index (χ0v) is 8.96. The number of hydrogen-bond acceptors (Lipinski definition) is 4. The van der Waals surface area contributed by atoms with Gasteiger partial charge in [-0.2, -0.15) is 0 Å². The third kappa shape index (κ3) is 2.62. The van der Waals surface area contributed by atoms with E-state index in [4.69, 9.17) is 9.84 Å². The second-order valence-corrected chi connectivity index (χ2v) is 3.92. The van der Waals surface area contributed by atoms with Crippen LogP contribution < -0.4 is 11.2 Å². The van der Waals surface area contributed by atoms with Crippen LogP contribution in [0.1, 0.15) is 12.8 Å². The minimum absolute atomic E-state index is 0.249. The highest BCUT2D eigenvalue weighted by Gasteiger charge is 2.30. The largest absolute Gasteiger partial charge is 0.479 e. The molecule has 2 unspecified atom stereocenters. The van der Waals surface area contributed by atoms with Crippen molar-refractivity contribution >= 4 is 5.97 Å². The molecule has 7 heteroatoms. The smallest absolute Gasteiger partial charge is 0.332 e. The number of nitrogens with one attached hydrogen (secondary N) is 1. The first-order valence-corrected chi connectivity index (χ1v) is 5.24. The topological polar surface area (TPSA) is 101 Å². The third-order valence-corrected chi connectivity index (χ3v) is 2.68. The second kappa shape index (κ2) is 4.54. The van der Waals surface area contributed by atoms with Gasteiger partial charge in [-0.1, -0.05) is 0 Å².